The van der Waals surface area contributed by atoms with E-state index in [0.717, 1.165) is 26.1 Å². The lowest BCUT2D eigenvalue weighted by Crippen LogP contribution is -2.19. The number of rotatable bonds is 3. The molecule has 1 aromatic heterocycles. The standard InChI is InChI=1S/C10H17N5OS/c1-15(2)9-12-8(11)13-10(14-9)17-7-3-5-16-6-4-7/h7H,3-6H2,1-2H3,(H2,11,12,13,14). The SMILES string of the molecule is CN(C)c1nc(N)nc(SC2CCOCC2)n1. The first kappa shape index (κ1) is 12.4. The number of hydrogen-bond donors (Lipinski definition) is 1. The molecule has 1 saturated heterocycles. The van der Waals surface area contributed by atoms with Crippen LogP contribution >= 0.6 is 11.8 Å². The Morgan fingerprint density at radius 3 is 2.59 bits per heavy atom. The number of nitrogens with two attached hydrogens (primary N) is 1. The lowest BCUT2D eigenvalue weighted by atomic mass is 10.2. The summed E-state index contributed by atoms with van der Waals surface area (Å²) in [6.07, 6.45) is 2.07. The molecule has 1 aliphatic rings. The summed E-state index contributed by atoms with van der Waals surface area (Å²) in [6.45, 7) is 1.64. The van der Waals surface area contributed by atoms with Crippen LogP contribution in [-0.2, 0) is 4.74 Å². The maximum absolute atomic E-state index is 5.68. The molecule has 0 unspecified atom stereocenters. The minimum Gasteiger partial charge on any atom is -0.381 e. The summed E-state index contributed by atoms with van der Waals surface area (Å²) in [4.78, 5) is 14.4. The van der Waals surface area contributed by atoms with Crippen LogP contribution in [0, 0.1) is 0 Å². The van der Waals surface area contributed by atoms with Gasteiger partial charge in [0, 0.05) is 32.6 Å². The van der Waals surface area contributed by atoms with Gasteiger partial charge in [-0.25, -0.2) is 0 Å². The molecule has 17 heavy (non-hydrogen) atoms. The number of aromatic nitrogens is 3. The summed E-state index contributed by atoms with van der Waals surface area (Å²) in [6, 6.07) is 0. The highest BCUT2D eigenvalue weighted by atomic mass is 32.2. The minimum absolute atomic E-state index is 0.276. The molecule has 2 rings (SSSR count). The first-order chi connectivity index (χ1) is 8.15. The van der Waals surface area contributed by atoms with Crippen molar-refractivity contribution in [2.45, 2.75) is 23.2 Å². The van der Waals surface area contributed by atoms with Crippen molar-refractivity contribution in [1.29, 1.82) is 0 Å². The minimum atomic E-state index is 0.276. The Morgan fingerprint density at radius 1 is 1.24 bits per heavy atom. The molecule has 2 heterocycles. The van der Waals surface area contributed by atoms with Crippen LogP contribution in [0.25, 0.3) is 0 Å². The Bertz CT molecular complexity index is 381. The van der Waals surface area contributed by atoms with Gasteiger partial charge in [-0.15, -0.1) is 0 Å². The van der Waals surface area contributed by atoms with Gasteiger partial charge in [0.25, 0.3) is 0 Å². The van der Waals surface area contributed by atoms with Crippen molar-refractivity contribution in [3.8, 4) is 0 Å². The molecule has 0 aromatic carbocycles. The van der Waals surface area contributed by atoms with Crippen LogP contribution < -0.4 is 10.6 Å². The molecule has 1 fully saturated rings. The zero-order valence-corrected chi connectivity index (χ0v) is 10.9. The van der Waals surface area contributed by atoms with Crippen molar-refractivity contribution < 1.29 is 4.74 Å². The van der Waals surface area contributed by atoms with Crippen LogP contribution in [0.3, 0.4) is 0 Å². The largest absolute Gasteiger partial charge is 0.381 e. The number of nitrogen functional groups attached to an aromatic ring is 1. The lowest BCUT2D eigenvalue weighted by Gasteiger charge is -2.21. The van der Waals surface area contributed by atoms with E-state index in [2.05, 4.69) is 15.0 Å². The van der Waals surface area contributed by atoms with Gasteiger partial charge >= 0.3 is 0 Å². The van der Waals surface area contributed by atoms with E-state index in [9.17, 15) is 0 Å². The monoisotopic (exact) mass is 255 g/mol. The van der Waals surface area contributed by atoms with Crippen molar-refractivity contribution in [2.24, 2.45) is 0 Å². The maximum Gasteiger partial charge on any atom is 0.230 e. The fraction of sp³-hybridized carbons (Fsp3) is 0.700. The quantitative estimate of drug-likeness (QED) is 0.855. The number of nitrogens with zero attached hydrogens (tertiary/aromatic N) is 4. The number of ether oxygens (including phenoxy) is 1. The van der Waals surface area contributed by atoms with Gasteiger partial charge < -0.3 is 15.4 Å². The van der Waals surface area contributed by atoms with Gasteiger partial charge in [-0.05, 0) is 12.8 Å². The molecular weight excluding hydrogens is 238 g/mol. The van der Waals surface area contributed by atoms with Gasteiger partial charge in [0.1, 0.15) is 0 Å². The van der Waals surface area contributed by atoms with Crippen molar-refractivity contribution in [1.82, 2.24) is 15.0 Å². The Morgan fingerprint density at radius 2 is 1.94 bits per heavy atom. The Balaban J connectivity index is 2.09. The van der Waals surface area contributed by atoms with Crippen LogP contribution in [0.1, 0.15) is 12.8 Å². The third kappa shape index (κ3) is 3.44. The number of hydrogen-bond acceptors (Lipinski definition) is 7. The molecule has 0 aliphatic carbocycles. The average Bonchev–Trinajstić information content (AvgIpc) is 2.29. The van der Waals surface area contributed by atoms with E-state index >= 15 is 0 Å². The zero-order valence-electron chi connectivity index (χ0n) is 10.1. The van der Waals surface area contributed by atoms with Crippen molar-refractivity contribution in [2.75, 3.05) is 37.9 Å². The van der Waals surface area contributed by atoms with Crippen LogP contribution in [0.5, 0.6) is 0 Å². The highest BCUT2D eigenvalue weighted by Gasteiger charge is 2.17. The van der Waals surface area contributed by atoms with Crippen molar-refractivity contribution in [3.63, 3.8) is 0 Å². The molecule has 0 atom stereocenters. The second-order valence-corrected chi connectivity index (χ2v) is 5.37. The Labute approximate surface area is 105 Å². The molecule has 0 spiro atoms. The van der Waals surface area contributed by atoms with Crippen LogP contribution in [-0.4, -0.2) is 47.5 Å². The molecule has 1 aliphatic heterocycles. The fourth-order valence-corrected chi connectivity index (χ4v) is 2.56. The van der Waals surface area contributed by atoms with E-state index in [1.807, 2.05) is 19.0 Å². The topological polar surface area (TPSA) is 77.2 Å². The summed E-state index contributed by atoms with van der Waals surface area (Å²) < 4.78 is 5.32. The fourth-order valence-electron chi connectivity index (χ4n) is 1.56. The molecule has 0 saturated carbocycles. The molecule has 2 N–H and O–H groups in total. The summed E-state index contributed by atoms with van der Waals surface area (Å²) in [5.74, 6) is 0.880. The van der Waals surface area contributed by atoms with Gasteiger partial charge in [0.05, 0.1) is 0 Å². The maximum atomic E-state index is 5.68. The van der Waals surface area contributed by atoms with Crippen molar-refractivity contribution in [3.05, 3.63) is 0 Å². The van der Waals surface area contributed by atoms with Crippen LogP contribution in [0.15, 0.2) is 5.16 Å². The van der Waals surface area contributed by atoms with Crippen molar-refractivity contribution >= 4 is 23.7 Å². The van der Waals surface area contributed by atoms with E-state index in [1.54, 1.807) is 11.8 Å². The Hall–Kier alpha value is -1.08. The average molecular weight is 255 g/mol. The van der Waals surface area contributed by atoms with Gasteiger partial charge in [-0.2, -0.15) is 15.0 Å². The summed E-state index contributed by atoms with van der Waals surface area (Å²) >= 11 is 1.66. The normalized spacial score (nSPS) is 17.1. The molecule has 0 amide bonds. The molecule has 6 nitrogen and oxygen atoms in total. The molecular formula is C10H17N5OS. The van der Waals surface area contributed by atoms with Gasteiger partial charge in [-0.1, -0.05) is 11.8 Å². The first-order valence-electron chi connectivity index (χ1n) is 5.58. The molecule has 7 heteroatoms. The smallest absolute Gasteiger partial charge is 0.230 e. The highest BCUT2D eigenvalue weighted by Crippen LogP contribution is 2.28. The van der Waals surface area contributed by atoms with E-state index < -0.39 is 0 Å². The second-order valence-electron chi connectivity index (χ2n) is 4.10. The highest BCUT2D eigenvalue weighted by molar-refractivity contribution is 7.99. The third-order valence-corrected chi connectivity index (χ3v) is 3.66. The van der Waals surface area contributed by atoms with Gasteiger partial charge in [0.15, 0.2) is 5.16 Å². The van der Waals surface area contributed by atoms with Crippen LogP contribution in [0.4, 0.5) is 11.9 Å². The molecule has 0 bridgehead atoms. The van der Waals surface area contributed by atoms with E-state index in [-0.39, 0.29) is 5.95 Å². The van der Waals surface area contributed by atoms with E-state index in [1.165, 1.54) is 0 Å². The summed E-state index contributed by atoms with van der Waals surface area (Å²) in [5, 5.41) is 1.22. The number of anilines is 2. The zero-order chi connectivity index (χ0) is 12.3. The third-order valence-electron chi connectivity index (χ3n) is 2.46. The Kier molecular flexibility index (Phi) is 4.01. The van der Waals surface area contributed by atoms with E-state index in [4.69, 9.17) is 10.5 Å². The molecule has 1 aromatic rings. The predicted molar refractivity (Wildman–Crippen MR) is 68.3 cm³/mol. The summed E-state index contributed by atoms with van der Waals surface area (Å²) in [5.41, 5.74) is 5.68. The van der Waals surface area contributed by atoms with E-state index in [0.29, 0.717) is 16.4 Å². The molecule has 0 radical (unpaired) electrons. The second kappa shape index (κ2) is 5.50. The van der Waals surface area contributed by atoms with Gasteiger partial charge in [0.2, 0.25) is 11.9 Å². The van der Waals surface area contributed by atoms with Gasteiger partial charge in [-0.3, -0.25) is 0 Å². The first-order valence-corrected chi connectivity index (χ1v) is 6.46. The number of thioether (sulfide) groups is 1. The van der Waals surface area contributed by atoms with Crippen LogP contribution in [0.2, 0.25) is 0 Å². The predicted octanol–water partition coefficient (Wildman–Crippen LogP) is 0.791. The summed E-state index contributed by atoms with van der Waals surface area (Å²) in [7, 11) is 3.77. The molecule has 94 valence electrons. The lowest BCUT2D eigenvalue weighted by molar-refractivity contribution is 0.1000.